The summed E-state index contributed by atoms with van der Waals surface area (Å²) in [6.07, 6.45) is 8.06. The van der Waals surface area contributed by atoms with E-state index in [2.05, 4.69) is 22.0 Å². The largest absolute Gasteiger partial charge is 0.478 e. The molecule has 5 N–H and O–H groups in total. The van der Waals surface area contributed by atoms with Gasteiger partial charge in [0.25, 0.3) is 0 Å². The fraction of sp³-hybridized carbons (Fsp3) is 0.579. The van der Waals surface area contributed by atoms with E-state index in [-0.39, 0.29) is 5.91 Å². The van der Waals surface area contributed by atoms with E-state index >= 15 is 0 Å². The highest BCUT2D eigenvalue weighted by atomic mass is 16.4. The summed E-state index contributed by atoms with van der Waals surface area (Å²) in [5, 5.41) is 22.9. The molecule has 2 heterocycles. The Morgan fingerprint density at radius 3 is 2.54 bits per heavy atom. The molecule has 1 aromatic rings. The number of carboxylic acids is 2. The summed E-state index contributed by atoms with van der Waals surface area (Å²) in [5.41, 5.74) is 8.07. The maximum Gasteiger partial charge on any atom is 0.328 e. The summed E-state index contributed by atoms with van der Waals surface area (Å²) >= 11 is 0. The molecule has 1 saturated heterocycles. The van der Waals surface area contributed by atoms with Gasteiger partial charge in [-0.15, -0.1) is 0 Å². The van der Waals surface area contributed by atoms with Crippen LogP contribution in [-0.4, -0.2) is 62.3 Å². The number of carbonyl (C=O) groups excluding carboxylic acids is 1. The van der Waals surface area contributed by atoms with E-state index in [9.17, 15) is 14.4 Å². The Kier molecular flexibility index (Phi) is 7.74. The third kappa shape index (κ3) is 6.19. The van der Waals surface area contributed by atoms with Crippen LogP contribution >= 0.6 is 0 Å². The first-order valence-electron chi connectivity index (χ1n) is 9.47. The Balaban J connectivity index is 0.000000300. The number of nitrogens with two attached hydrogens (primary N) is 1. The number of hydrogen-bond donors (Lipinski definition) is 4. The molecule has 9 nitrogen and oxygen atoms in total. The Morgan fingerprint density at radius 1 is 1.29 bits per heavy atom. The Bertz CT molecular complexity index is 714. The molecule has 0 spiro atoms. The first-order chi connectivity index (χ1) is 13.3. The van der Waals surface area contributed by atoms with Crippen LogP contribution in [-0.2, 0) is 27.2 Å². The van der Waals surface area contributed by atoms with E-state index < -0.39 is 11.9 Å². The zero-order chi connectivity index (χ0) is 20.7. The number of H-pyrrole nitrogens is 1. The van der Waals surface area contributed by atoms with Crippen molar-refractivity contribution in [2.24, 2.45) is 17.6 Å². The number of nitrogens with zero attached hydrogens (tertiary/aromatic N) is 2. The number of rotatable bonds is 6. The number of piperidine rings is 1. The second kappa shape index (κ2) is 10.0. The summed E-state index contributed by atoms with van der Waals surface area (Å²) < 4.78 is 0. The predicted molar refractivity (Wildman–Crippen MR) is 101 cm³/mol. The summed E-state index contributed by atoms with van der Waals surface area (Å²) in [5.74, 6) is -1.62. The molecule has 9 heteroatoms. The van der Waals surface area contributed by atoms with Crippen LogP contribution in [0, 0.1) is 11.8 Å². The van der Waals surface area contributed by atoms with Gasteiger partial charge >= 0.3 is 11.9 Å². The lowest BCUT2D eigenvalue weighted by Gasteiger charge is -2.46. The van der Waals surface area contributed by atoms with Crippen molar-refractivity contribution in [3.63, 3.8) is 0 Å². The van der Waals surface area contributed by atoms with E-state index in [1.807, 2.05) is 6.20 Å². The van der Waals surface area contributed by atoms with Gasteiger partial charge in [-0.1, -0.05) is 6.92 Å². The number of carboxylic acid groups (broad SMARTS) is 2. The average Bonchev–Trinajstić information content (AvgIpc) is 3.06. The lowest BCUT2D eigenvalue weighted by Crippen LogP contribution is -2.52. The normalized spacial score (nSPS) is 24.0. The van der Waals surface area contributed by atoms with Gasteiger partial charge in [0.15, 0.2) is 0 Å². The molecule has 0 bridgehead atoms. The second-order valence-electron chi connectivity index (χ2n) is 7.39. The predicted octanol–water partition coefficient (Wildman–Crippen LogP) is 0.812. The summed E-state index contributed by atoms with van der Waals surface area (Å²) in [7, 11) is 0. The minimum Gasteiger partial charge on any atom is -0.478 e. The van der Waals surface area contributed by atoms with E-state index in [0.717, 1.165) is 38.8 Å². The average molecular weight is 392 g/mol. The smallest absolute Gasteiger partial charge is 0.328 e. The number of primary amides is 1. The number of aromatic amines is 1. The third-order valence-corrected chi connectivity index (χ3v) is 5.21. The molecule has 154 valence electrons. The van der Waals surface area contributed by atoms with Crippen molar-refractivity contribution < 1.29 is 24.6 Å². The number of amides is 1. The van der Waals surface area contributed by atoms with Crippen LogP contribution in [0.1, 0.15) is 37.4 Å². The monoisotopic (exact) mass is 392 g/mol. The first-order valence-corrected chi connectivity index (χ1v) is 9.47. The van der Waals surface area contributed by atoms with Crippen molar-refractivity contribution in [3.05, 3.63) is 29.6 Å². The standard InChI is InChI=1S/C15H24N4O.C4H4O4/c1-2-3-19-9-10(5-15(16)20)4-11-6-13-12(7-14(11)19)8-17-18-13;5-3(6)1-2-4(7)8/h8,10-11,14H,2-7,9H2,1H3,(H2,16,20)(H,17,18);1-2H,(H,5,6)(H,7,8)/b;2-1+. The molecule has 3 atom stereocenters. The van der Waals surface area contributed by atoms with Crippen molar-refractivity contribution in [2.75, 3.05) is 13.1 Å². The van der Waals surface area contributed by atoms with Crippen molar-refractivity contribution in [1.82, 2.24) is 15.1 Å². The third-order valence-electron chi connectivity index (χ3n) is 5.21. The zero-order valence-electron chi connectivity index (χ0n) is 16.0. The fourth-order valence-corrected chi connectivity index (χ4v) is 4.24. The topological polar surface area (TPSA) is 150 Å². The highest BCUT2D eigenvalue weighted by Crippen LogP contribution is 2.37. The zero-order valence-corrected chi connectivity index (χ0v) is 16.0. The van der Waals surface area contributed by atoms with Gasteiger partial charge in [0.1, 0.15) is 0 Å². The first kappa shape index (κ1) is 21.6. The number of carbonyl (C=O) groups is 3. The van der Waals surface area contributed by atoms with Crippen LogP contribution in [0.2, 0.25) is 0 Å². The molecule has 1 aliphatic heterocycles. The molecule has 3 unspecified atom stereocenters. The van der Waals surface area contributed by atoms with Gasteiger partial charge in [-0.25, -0.2) is 9.59 Å². The highest BCUT2D eigenvalue weighted by Gasteiger charge is 2.39. The Labute approximate surface area is 163 Å². The molecule has 1 amide bonds. The Hall–Kier alpha value is -2.68. The highest BCUT2D eigenvalue weighted by molar-refractivity contribution is 5.89. The molecule has 0 radical (unpaired) electrons. The van der Waals surface area contributed by atoms with Gasteiger partial charge < -0.3 is 15.9 Å². The summed E-state index contributed by atoms with van der Waals surface area (Å²) in [6.45, 7) is 4.35. The van der Waals surface area contributed by atoms with Crippen molar-refractivity contribution in [2.45, 2.75) is 45.1 Å². The molecule has 1 fully saturated rings. The van der Waals surface area contributed by atoms with Gasteiger partial charge in [0.05, 0.1) is 6.20 Å². The number of likely N-dealkylation sites (tertiary alicyclic amines) is 1. The van der Waals surface area contributed by atoms with E-state index in [0.29, 0.717) is 36.5 Å². The number of aromatic nitrogens is 2. The maximum atomic E-state index is 11.2. The summed E-state index contributed by atoms with van der Waals surface area (Å²) in [6, 6.07) is 0.615. The van der Waals surface area contributed by atoms with Crippen LogP contribution in [0.3, 0.4) is 0 Å². The number of aliphatic carboxylic acids is 2. The number of fused-ring (bicyclic) bond motifs is 2. The van der Waals surface area contributed by atoms with E-state index in [1.54, 1.807) is 0 Å². The molecule has 0 saturated carbocycles. The van der Waals surface area contributed by atoms with Crippen molar-refractivity contribution >= 4 is 17.8 Å². The van der Waals surface area contributed by atoms with Crippen LogP contribution in [0.25, 0.3) is 0 Å². The van der Waals surface area contributed by atoms with Gasteiger partial charge in [0, 0.05) is 36.9 Å². The van der Waals surface area contributed by atoms with Crippen molar-refractivity contribution in [1.29, 1.82) is 0 Å². The molecular weight excluding hydrogens is 364 g/mol. The van der Waals surface area contributed by atoms with Crippen LogP contribution in [0.15, 0.2) is 18.3 Å². The molecule has 28 heavy (non-hydrogen) atoms. The quantitative estimate of drug-likeness (QED) is 0.523. The van der Waals surface area contributed by atoms with E-state index in [4.69, 9.17) is 15.9 Å². The molecule has 3 rings (SSSR count). The van der Waals surface area contributed by atoms with Crippen LogP contribution in [0.5, 0.6) is 0 Å². The molecule has 0 aromatic carbocycles. The SMILES string of the molecule is CCCN1CC(CC(N)=O)CC2Cc3[nH]ncc3CC21.O=C(O)/C=C/C(=O)O. The van der Waals surface area contributed by atoms with Gasteiger partial charge in [-0.05, 0) is 49.6 Å². The number of nitrogens with one attached hydrogen (secondary N) is 1. The van der Waals surface area contributed by atoms with Gasteiger partial charge in [-0.2, -0.15) is 5.10 Å². The minimum atomic E-state index is -1.26. The lowest BCUT2D eigenvalue weighted by atomic mass is 9.73. The fourth-order valence-electron chi connectivity index (χ4n) is 4.24. The minimum absolute atomic E-state index is 0.164. The second-order valence-corrected chi connectivity index (χ2v) is 7.39. The molecule has 1 aromatic heterocycles. The summed E-state index contributed by atoms with van der Waals surface area (Å²) in [4.78, 5) is 32.9. The molecule has 1 aliphatic carbocycles. The molecule has 2 aliphatic rings. The maximum absolute atomic E-state index is 11.2. The van der Waals surface area contributed by atoms with Gasteiger partial charge in [0.2, 0.25) is 5.91 Å². The van der Waals surface area contributed by atoms with Crippen molar-refractivity contribution in [3.8, 4) is 0 Å². The molecular formula is C19H28N4O5. The lowest BCUT2D eigenvalue weighted by molar-refractivity contribution is -0.134. The number of hydrogen-bond acceptors (Lipinski definition) is 5. The van der Waals surface area contributed by atoms with Crippen LogP contribution in [0.4, 0.5) is 0 Å². The van der Waals surface area contributed by atoms with Gasteiger partial charge in [-0.3, -0.25) is 14.8 Å². The van der Waals surface area contributed by atoms with E-state index in [1.165, 1.54) is 11.3 Å². The Morgan fingerprint density at radius 2 is 1.96 bits per heavy atom. The van der Waals surface area contributed by atoms with Crippen LogP contribution < -0.4 is 5.73 Å².